The minimum absolute atomic E-state index is 0.00824. The van der Waals surface area contributed by atoms with E-state index in [0.717, 1.165) is 64.2 Å². The molecule has 0 aliphatic rings. The number of phosphoric acid groups is 1. The molecule has 0 fully saturated rings. The highest BCUT2D eigenvalue weighted by Crippen LogP contribution is 2.38. The van der Waals surface area contributed by atoms with Crippen LogP contribution in [0.5, 0.6) is 0 Å². The van der Waals surface area contributed by atoms with Crippen molar-refractivity contribution < 1.29 is 32.9 Å². The highest BCUT2D eigenvalue weighted by atomic mass is 31.2. The van der Waals surface area contributed by atoms with Gasteiger partial charge in [-0.25, -0.2) is 0 Å². The molecule has 0 radical (unpaired) electrons. The Labute approximate surface area is 339 Å². The van der Waals surface area contributed by atoms with Gasteiger partial charge in [0.05, 0.1) is 39.9 Å². The molecule has 0 aromatic heterocycles. The van der Waals surface area contributed by atoms with Crippen molar-refractivity contribution in [1.29, 1.82) is 0 Å². The van der Waals surface area contributed by atoms with Crippen molar-refractivity contribution in [1.82, 2.24) is 5.32 Å². The SMILES string of the molecule is CC/C=C\C/C=C\C/C=C\CCCCCC(=O)NC(COP(=O)([O-])OCC[N+](C)(C)C)C(O)/C=C/CCCCCCCCCCCCCCCCCCCC. The summed E-state index contributed by atoms with van der Waals surface area (Å²) in [6.07, 6.45) is 47.4. The zero-order valence-electron chi connectivity index (χ0n) is 36.4. The largest absolute Gasteiger partial charge is 0.756 e. The van der Waals surface area contributed by atoms with Crippen LogP contribution in [0.15, 0.2) is 48.6 Å². The predicted octanol–water partition coefficient (Wildman–Crippen LogP) is 11.8. The fourth-order valence-electron chi connectivity index (χ4n) is 6.22. The number of carbonyl (C=O) groups excluding carboxylic acids is 1. The molecule has 0 saturated carbocycles. The molecule has 1 amide bonds. The number of hydrogen-bond acceptors (Lipinski definition) is 6. The number of nitrogens with one attached hydrogen (secondary N) is 1. The van der Waals surface area contributed by atoms with E-state index in [2.05, 4.69) is 55.6 Å². The van der Waals surface area contributed by atoms with E-state index >= 15 is 0 Å². The van der Waals surface area contributed by atoms with Gasteiger partial charge in [0.25, 0.3) is 7.82 Å². The lowest BCUT2D eigenvalue weighted by molar-refractivity contribution is -0.870. The quantitative estimate of drug-likeness (QED) is 0.0277. The third-order valence-electron chi connectivity index (χ3n) is 9.79. The Bertz CT molecular complexity index is 1040. The minimum atomic E-state index is -4.59. The summed E-state index contributed by atoms with van der Waals surface area (Å²) in [7, 11) is 1.24. The highest BCUT2D eigenvalue weighted by molar-refractivity contribution is 7.45. The summed E-state index contributed by atoms with van der Waals surface area (Å²) in [5.41, 5.74) is 0. The van der Waals surface area contributed by atoms with E-state index in [1.807, 2.05) is 27.2 Å². The lowest BCUT2D eigenvalue weighted by atomic mass is 10.0. The molecule has 3 unspecified atom stereocenters. The number of nitrogens with zero attached hydrogens (tertiary/aromatic N) is 1. The van der Waals surface area contributed by atoms with Gasteiger partial charge in [0.1, 0.15) is 13.2 Å². The summed E-state index contributed by atoms with van der Waals surface area (Å²) >= 11 is 0. The minimum Gasteiger partial charge on any atom is -0.756 e. The van der Waals surface area contributed by atoms with Gasteiger partial charge < -0.3 is 28.8 Å². The molecule has 0 saturated heterocycles. The van der Waals surface area contributed by atoms with Crippen molar-refractivity contribution in [2.75, 3.05) is 40.9 Å². The summed E-state index contributed by atoms with van der Waals surface area (Å²) < 4.78 is 23.2. The van der Waals surface area contributed by atoms with Crippen molar-refractivity contribution >= 4 is 13.7 Å². The predicted molar refractivity (Wildman–Crippen MR) is 233 cm³/mol. The molecular weight excluding hydrogens is 707 g/mol. The van der Waals surface area contributed by atoms with Gasteiger partial charge in [-0.1, -0.05) is 178 Å². The lowest BCUT2D eigenvalue weighted by Gasteiger charge is -2.29. The number of quaternary nitrogens is 1. The van der Waals surface area contributed by atoms with Gasteiger partial charge in [0.2, 0.25) is 5.91 Å². The van der Waals surface area contributed by atoms with Crippen molar-refractivity contribution in [3.8, 4) is 0 Å². The molecule has 9 heteroatoms. The van der Waals surface area contributed by atoms with Gasteiger partial charge in [-0.15, -0.1) is 0 Å². The van der Waals surface area contributed by atoms with Crippen LogP contribution >= 0.6 is 7.82 Å². The van der Waals surface area contributed by atoms with Crippen LogP contribution in [-0.4, -0.2) is 68.5 Å². The Kier molecular flexibility index (Phi) is 36.9. The fourth-order valence-corrected chi connectivity index (χ4v) is 6.95. The molecule has 0 aromatic rings. The van der Waals surface area contributed by atoms with Crippen LogP contribution in [0.1, 0.15) is 187 Å². The first kappa shape index (κ1) is 53.5. The maximum absolute atomic E-state index is 12.8. The number of rotatable bonds is 40. The Morgan fingerprint density at radius 1 is 0.655 bits per heavy atom. The molecule has 0 rings (SSSR count). The molecule has 8 nitrogen and oxygen atoms in total. The molecule has 55 heavy (non-hydrogen) atoms. The van der Waals surface area contributed by atoms with Gasteiger partial charge in [-0.3, -0.25) is 9.36 Å². The Morgan fingerprint density at radius 2 is 1.11 bits per heavy atom. The molecule has 0 spiro atoms. The zero-order chi connectivity index (χ0) is 40.7. The van der Waals surface area contributed by atoms with Crippen LogP contribution in [0, 0.1) is 0 Å². The average Bonchev–Trinajstić information content (AvgIpc) is 3.13. The number of aliphatic hydroxyl groups is 1. The maximum atomic E-state index is 12.8. The van der Waals surface area contributed by atoms with Crippen LogP contribution < -0.4 is 10.2 Å². The van der Waals surface area contributed by atoms with E-state index in [1.54, 1.807) is 6.08 Å². The normalized spacial score (nSPS) is 14.8. The molecule has 2 N–H and O–H groups in total. The second kappa shape index (κ2) is 38.0. The third-order valence-corrected chi connectivity index (χ3v) is 10.8. The summed E-state index contributed by atoms with van der Waals surface area (Å²) in [4.78, 5) is 25.3. The molecule has 0 bridgehead atoms. The smallest absolute Gasteiger partial charge is 0.268 e. The Morgan fingerprint density at radius 3 is 1.62 bits per heavy atom. The van der Waals surface area contributed by atoms with E-state index in [-0.39, 0.29) is 12.5 Å². The molecule has 0 heterocycles. The van der Waals surface area contributed by atoms with Gasteiger partial charge in [0, 0.05) is 6.42 Å². The summed E-state index contributed by atoms with van der Waals surface area (Å²) in [5.74, 6) is -0.228. The first-order valence-electron chi connectivity index (χ1n) is 22.5. The van der Waals surface area contributed by atoms with Crippen molar-refractivity contribution in [3.63, 3.8) is 0 Å². The van der Waals surface area contributed by atoms with E-state index < -0.39 is 26.6 Å². The number of unbranched alkanes of at least 4 members (excludes halogenated alkanes) is 21. The van der Waals surface area contributed by atoms with E-state index in [4.69, 9.17) is 9.05 Å². The van der Waals surface area contributed by atoms with Crippen LogP contribution in [0.2, 0.25) is 0 Å². The maximum Gasteiger partial charge on any atom is 0.268 e. The van der Waals surface area contributed by atoms with Crippen LogP contribution in [-0.2, 0) is 18.4 Å². The highest BCUT2D eigenvalue weighted by Gasteiger charge is 2.23. The van der Waals surface area contributed by atoms with Crippen LogP contribution in [0.3, 0.4) is 0 Å². The van der Waals surface area contributed by atoms with Gasteiger partial charge in [0.15, 0.2) is 0 Å². The number of hydrogen-bond donors (Lipinski definition) is 2. The fraction of sp³-hybridized carbons (Fsp3) is 0.804. The standard InChI is InChI=1S/C46H87N2O6P/c1-6-8-10-12-14-16-18-20-21-22-23-24-25-26-28-29-31-33-35-37-39-45(49)44(43-54-55(51,52)53-42-41-48(3,4)5)47-46(50)40-38-36-34-32-30-27-19-17-15-13-11-9-7-2/h9,11,15,17,27,30,37,39,44-45,49H,6-8,10,12-14,16,18-26,28-29,31-36,38,40-43H2,1-5H3,(H-,47,50,51,52)/b11-9-,17-15-,30-27-,39-37+. The summed E-state index contributed by atoms with van der Waals surface area (Å²) in [6.45, 7) is 4.50. The second-order valence-electron chi connectivity index (χ2n) is 16.4. The average molecular weight is 795 g/mol. The number of carbonyl (C=O) groups is 1. The molecule has 0 aliphatic heterocycles. The number of amides is 1. The summed E-state index contributed by atoms with van der Waals surface area (Å²) in [5, 5.41) is 13.8. The number of likely N-dealkylation sites (N-methyl/N-ethyl adjacent to an activating group) is 1. The molecule has 3 atom stereocenters. The van der Waals surface area contributed by atoms with Crippen LogP contribution in [0.4, 0.5) is 0 Å². The number of allylic oxidation sites excluding steroid dienone is 7. The van der Waals surface area contributed by atoms with E-state index in [9.17, 15) is 19.4 Å². The third kappa shape index (κ3) is 40.5. The Balaban J connectivity index is 4.42. The van der Waals surface area contributed by atoms with Gasteiger partial charge in [-0.2, -0.15) is 0 Å². The number of aliphatic hydroxyl groups excluding tert-OH is 1. The van der Waals surface area contributed by atoms with Crippen molar-refractivity contribution in [2.45, 2.75) is 199 Å². The second-order valence-corrected chi connectivity index (χ2v) is 17.8. The van der Waals surface area contributed by atoms with Crippen molar-refractivity contribution in [2.24, 2.45) is 0 Å². The summed E-state index contributed by atoms with van der Waals surface area (Å²) in [6, 6.07) is -0.901. The molecule has 0 aromatic carbocycles. The van der Waals surface area contributed by atoms with Crippen LogP contribution in [0.25, 0.3) is 0 Å². The van der Waals surface area contributed by atoms with Gasteiger partial charge in [-0.05, 0) is 51.4 Å². The van der Waals surface area contributed by atoms with E-state index in [1.165, 1.54) is 103 Å². The lowest BCUT2D eigenvalue weighted by Crippen LogP contribution is -2.45. The molecule has 0 aliphatic carbocycles. The monoisotopic (exact) mass is 795 g/mol. The zero-order valence-corrected chi connectivity index (χ0v) is 37.3. The first-order valence-corrected chi connectivity index (χ1v) is 24.0. The van der Waals surface area contributed by atoms with E-state index in [0.29, 0.717) is 17.4 Å². The first-order chi connectivity index (χ1) is 26.5. The molecule has 322 valence electrons. The number of phosphoric ester groups is 1. The Hall–Kier alpha value is -1.54. The molecular formula is C46H87N2O6P. The van der Waals surface area contributed by atoms with Gasteiger partial charge >= 0.3 is 0 Å². The van der Waals surface area contributed by atoms with Crippen molar-refractivity contribution in [3.05, 3.63) is 48.6 Å². The topological polar surface area (TPSA) is 108 Å².